The molecule has 0 radical (unpaired) electrons. The molecule has 0 aliphatic carbocycles. The zero-order valence-corrected chi connectivity index (χ0v) is 22.4. The lowest BCUT2D eigenvalue weighted by Gasteiger charge is -2.10. The van der Waals surface area contributed by atoms with Crippen LogP contribution in [0.2, 0.25) is 0 Å². The summed E-state index contributed by atoms with van der Waals surface area (Å²) < 4.78 is 0. The number of nitrogens with zero attached hydrogens (tertiary/aromatic N) is 6. The fourth-order valence-electron chi connectivity index (χ4n) is 5.22. The highest BCUT2D eigenvalue weighted by Gasteiger charge is 2.15. The quantitative estimate of drug-likeness (QED) is 0.225. The number of para-hydroxylation sites is 2. The lowest BCUT2D eigenvalue weighted by atomic mass is 10.1. The van der Waals surface area contributed by atoms with Crippen molar-refractivity contribution in [3.63, 3.8) is 0 Å². The van der Waals surface area contributed by atoms with E-state index in [1.807, 2.05) is 85.1 Å². The molecule has 0 N–H and O–H groups in total. The first-order valence-electron chi connectivity index (χ1n) is 13.7. The van der Waals surface area contributed by atoms with Gasteiger partial charge < -0.3 is 0 Å². The van der Waals surface area contributed by atoms with Crippen LogP contribution in [-0.4, -0.2) is 29.9 Å². The minimum atomic E-state index is 0.564. The highest BCUT2D eigenvalue weighted by atomic mass is 15.0. The number of rotatable bonds is 4. The first-order valence-corrected chi connectivity index (χ1v) is 13.7. The van der Waals surface area contributed by atoms with E-state index in [4.69, 9.17) is 19.9 Å². The molecule has 0 fully saturated rings. The number of aromatic nitrogens is 6. The van der Waals surface area contributed by atoms with Crippen molar-refractivity contribution in [1.82, 2.24) is 29.9 Å². The summed E-state index contributed by atoms with van der Waals surface area (Å²) in [6, 6.07) is 40.6. The third-order valence-electron chi connectivity index (χ3n) is 7.36. The molecule has 6 heteroatoms. The maximum absolute atomic E-state index is 4.97. The van der Waals surface area contributed by atoms with Crippen molar-refractivity contribution in [2.45, 2.75) is 0 Å². The molecule has 4 heterocycles. The van der Waals surface area contributed by atoms with Crippen molar-refractivity contribution in [3.05, 3.63) is 134 Å². The second kappa shape index (κ2) is 9.94. The molecule has 0 saturated heterocycles. The Morgan fingerprint density at radius 1 is 0.357 bits per heavy atom. The molecule has 42 heavy (non-hydrogen) atoms. The minimum Gasteiger partial charge on any atom is -0.256 e. The van der Waals surface area contributed by atoms with Gasteiger partial charge in [-0.1, -0.05) is 66.7 Å². The Hall–Kier alpha value is -5.88. The molecular formula is C36H22N6. The lowest BCUT2D eigenvalue weighted by Crippen LogP contribution is -2.01. The smallest absolute Gasteiger partial charge is 0.165 e. The fraction of sp³-hybridized carbons (Fsp3) is 0. The molecule has 0 spiro atoms. The minimum absolute atomic E-state index is 0.564. The Kier molecular flexibility index (Phi) is 5.67. The molecule has 8 rings (SSSR count). The van der Waals surface area contributed by atoms with Crippen LogP contribution < -0.4 is 0 Å². The molecule has 6 nitrogen and oxygen atoms in total. The highest BCUT2D eigenvalue weighted by molar-refractivity contribution is 5.85. The SMILES string of the molecule is c1cc(-c2ccc3ccccc3n2)cc(-c2nc(-c3ccc4ncccc4c3)nc(-c3cnc4ccccc4c3)n2)c1. The summed E-state index contributed by atoms with van der Waals surface area (Å²) in [4.78, 5) is 28.9. The second-order valence-electron chi connectivity index (χ2n) is 10.1. The molecule has 0 saturated carbocycles. The first kappa shape index (κ1) is 24.0. The van der Waals surface area contributed by atoms with Gasteiger partial charge in [0, 0.05) is 50.8 Å². The predicted octanol–water partition coefficient (Wildman–Crippen LogP) is 8.18. The number of hydrogen-bond donors (Lipinski definition) is 0. The molecule has 0 bridgehead atoms. The molecule has 4 aromatic heterocycles. The van der Waals surface area contributed by atoms with Gasteiger partial charge in [0.25, 0.3) is 0 Å². The summed E-state index contributed by atoms with van der Waals surface area (Å²) in [6.07, 6.45) is 3.62. The van der Waals surface area contributed by atoms with E-state index in [-0.39, 0.29) is 0 Å². The molecule has 0 atom stereocenters. The maximum atomic E-state index is 4.97. The average molecular weight is 539 g/mol. The van der Waals surface area contributed by atoms with Crippen LogP contribution in [-0.2, 0) is 0 Å². The second-order valence-corrected chi connectivity index (χ2v) is 10.1. The van der Waals surface area contributed by atoms with Crippen molar-refractivity contribution in [1.29, 1.82) is 0 Å². The molecule has 0 amide bonds. The van der Waals surface area contributed by atoms with E-state index in [2.05, 4.69) is 52.4 Å². The molecule has 4 aromatic carbocycles. The molecule has 0 unspecified atom stereocenters. The van der Waals surface area contributed by atoms with Crippen LogP contribution >= 0.6 is 0 Å². The van der Waals surface area contributed by atoms with Gasteiger partial charge in [-0.15, -0.1) is 0 Å². The van der Waals surface area contributed by atoms with Gasteiger partial charge in [0.15, 0.2) is 17.5 Å². The van der Waals surface area contributed by atoms with Gasteiger partial charge in [-0.05, 0) is 54.6 Å². The van der Waals surface area contributed by atoms with Crippen molar-refractivity contribution >= 4 is 32.7 Å². The number of pyridine rings is 3. The van der Waals surface area contributed by atoms with Crippen LogP contribution in [0.3, 0.4) is 0 Å². The third kappa shape index (κ3) is 4.41. The van der Waals surface area contributed by atoms with Gasteiger partial charge in [-0.25, -0.2) is 19.9 Å². The van der Waals surface area contributed by atoms with Gasteiger partial charge in [0.2, 0.25) is 0 Å². The number of hydrogen-bond acceptors (Lipinski definition) is 6. The van der Waals surface area contributed by atoms with Crippen molar-refractivity contribution in [2.24, 2.45) is 0 Å². The van der Waals surface area contributed by atoms with E-state index in [0.717, 1.165) is 60.7 Å². The van der Waals surface area contributed by atoms with E-state index in [1.54, 1.807) is 6.20 Å². The van der Waals surface area contributed by atoms with Gasteiger partial charge in [0.05, 0.1) is 22.2 Å². The summed E-state index contributed by atoms with van der Waals surface area (Å²) in [5, 5.41) is 3.16. The summed E-state index contributed by atoms with van der Waals surface area (Å²) >= 11 is 0. The van der Waals surface area contributed by atoms with E-state index in [1.165, 1.54) is 0 Å². The van der Waals surface area contributed by atoms with Gasteiger partial charge in [-0.2, -0.15) is 0 Å². The van der Waals surface area contributed by atoms with Crippen LogP contribution in [0.4, 0.5) is 0 Å². The molecule has 8 aromatic rings. The summed E-state index contributed by atoms with van der Waals surface area (Å²) in [6.45, 7) is 0. The molecular weight excluding hydrogens is 516 g/mol. The van der Waals surface area contributed by atoms with Crippen LogP contribution in [0, 0.1) is 0 Å². The maximum Gasteiger partial charge on any atom is 0.165 e. The summed E-state index contributed by atoms with van der Waals surface area (Å²) in [7, 11) is 0. The van der Waals surface area contributed by atoms with Crippen LogP contribution in [0.5, 0.6) is 0 Å². The number of benzene rings is 4. The topological polar surface area (TPSA) is 77.3 Å². The van der Waals surface area contributed by atoms with Crippen LogP contribution in [0.1, 0.15) is 0 Å². The largest absolute Gasteiger partial charge is 0.256 e. The third-order valence-corrected chi connectivity index (χ3v) is 7.36. The van der Waals surface area contributed by atoms with E-state index in [0.29, 0.717) is 17.5 Å². The fourth-order valence-corrected chi connectivity index (χ4v) is 5.22. The van der Waals surface area contributed by atoms with Crippen molar-refractivity contribution in [2.75, 3.05) is 0 Å². The first-order chi connectivity index (χ1) is 20.8. The van der Waals surface area contributed by atoms with Gasteiger partial charge in [0.1, 0.15) is 0 Å². The van der Waals surface area contributed by atoms with Crippen molar-refractivity contribution < 1.29 is 0 Å². The van der Waals surface area contributed by atoms with Crippen molar-refractivity contribution in [3.8, 4) is 45.4 Å². The highest BCUT2D eigenvalue weighted by Crippen LogP contribution is 2.30. The number of fused-ring (bicyclic) bond motifs is 3. The predicted molar refractivity (Wildman–Crippen MR) is 167 cm³/mol. The zero-order valence-electron chi connectivity index (χ0n) is 22.4. The Bertz CT molecular complexity index is 2180. The van der Waals surface area contributed by atoms with E-state index < -0.39 is 0 Å². The lowest BCUT2D eigenvalue weighted by molar-refractivity contribution is 1.07. The standard InChI is InChI=1S/C36H22N6/c1-4-13-32-23(7-1)14-17-33(39-32)26-9-5-10-27(20-26)34-40-35(28-15-16-31-25(19-28)11-6-18-37-31)42-36(41-34)29-21-24-8-2-3-12-30(24)38-22-29/h1-22H. The Morgan fingerprint density at radius 2 is 1.00 bits per heavy atom. The van der Waals surface area contributed by atoms with Crippen LogP contribution in [0.15, 0.2) is 134 Å². The summed E-state index contributed by atoms with van der Waals surface area (Å²) in [5.74, 6) is 1.73. The van der Waals surface area contributed by atoms with Gasteiger partial charge >= 0.3 is 0 Å². The van der Waals surface area contributed by atoms with E-state index >= 15 is 0 Å². The van der Waals surface area contributed by atoms with Crippen LogP contribution in [0.25, 0.3) is 78.1 Å². The normalized spacial score (nSPS) is 11.3. The molecule has 0 aliphatic rings. The molecule has 196 valence electrons. The Labute approximate surface area is 241 Å². The Morgan fingerprint density at radius 3 is 1.86 bits per heavy atom. The molecule has 0 aliphatic heterocycles. The average Bonchev–Trinajstić information content (AvgIpc) is 3.07. The van der Waals surface area contributed by atoms with E-state index in [9.17, 15) is 0 Å². The zero-order chi connectivity index (χ0) is 27.9. The monoisotopic (exact) mass is 538 g/mol. The summed E-state index contributed by atoms with van der Waals surface area (Å²) in [5.41, 5.74) is 7.29. The van der Waals surface area contributed by atoms with Gasteiger partial charge in [-0.3, -0.25) is 9.97 Å². The Balaban J connectivity index is 1.29.